The summed E-state index contributed by atoms with van der Waals surface area (Å²) in [6.07, 6.45) is 4.76. The van der Waals surface area contributed by atoms with Crippen LogP contribution in [0, 0.1) is 29.1 Å². The maximum absolute atomic E-state index is 14.0. The van der Waals surface area contributed by atoms with E-state index in [0.29, 0.717) is 17.8 Å². The van der Waals surface area contributed by atoms with Gasteiger partial charge >= 0.3 is 17.9 Å². The molecule has 142 valence electrons. The van der Waals surface area contributed by atoms with Crippen LogP contribution in [0.2, 0.25) is 0 Å². The molecule has 0 radical (unpaired) electrons. The van der Waals surface area contributed by atoms with Gasteiger partial charge in [0, 0.05) is 0 Å². The van der Waals surface area contributed by atoms with Crippen molar-refractivity contribution in [1.29, 1.82) is 0 Å². The Bertz CT molecular complexity index is 508. The highest BCUT2D eigenvalue weighted by Gasteiger charge is 2.53. The molecule has 0 aromatic carbocycles. The molecule has 4 saturated carbocycles. The number of ether oxygens (including phenoxy) is 1. The Labute approximate surface area is 147 Å². The van der Waals surface area contributed by atoms with Crippen LogP contribution in [0.15, 0.2) is 0 Å². The van der Waals surface area contributed by atoms with Gasteiger partial charge in [-0.15, -0.1) is 0 Å². The smallest absolute Gasteiger partial charge is 0.378 e. The Morgan fingerprint density at radius 2 is 1.60 bits per heavy atom. The summed E-state index contributed by atoms with van der Waals surface area (Å²) < 4.78 is 33.0. The van der Waals surface area contributed by atoms with Crippen molar-refractivity contribution in [1.82, 2.24) is 0 Å². The average Bonchev–Trinajstić information content (AvgIpc) is 2.43. The minimum absolute atomic E-state index is 0.104. The first-order chi connectivity index (χ1) is 11.6. The zero-order chi connectivity index (χ0) is 18.4. The minimum Gasteiger partial charge on any atom is -0.477 e. The van der Waals surface area contributed by atoms with E-state index in [-0.39, 0.29) is 24.2 Å². The van der Waals surface area contributed by atoms with Gasteiger partial charge in [0.05, 0.1) is 6.42 Å². The lowest BCUT2D eigenvalue weighted by molar-refractivity contribution is -0.197. The molecule has 1 atom stereocenters. The van der Waals surface area contributed by atoms with Crippen molar-refractivity contribution in [2.24, 2.45) is 29.1 Å². The summed E-state index contributed by atoms with van der Waals surface area (Å²) >= 11 is 0. The van der Waals surface area contributed by atoms with Crippen molar-refractivity contribution in [3.8, 4) is 0 Å². The third-order valence-corrected chi connectivity index (χ3v) is 6.33. The zero-order valence-corrected chi connectivity index (χ0v) is 15.0. The van der Waals surface area contributed by atoms with Crippen molar-refractivity contribution in [2.75, 3.05) is 0 Å². The number of hydrogen-bond acceptors (Lipinski definition) is 3. The van der Waals surface area contributed by atoms with Crippen LogP contribution in [0.25, 0.3) is 0 Å². The van der Waals surface area contributed by atoms with Gasteiger partial charge in [0.25, 0.3) is 0 Å². The molecule has 1 N–H and O–H groups in total. The highest BCUT2D eigenvalue weighted by molar-refractivity contribution is 5.77. The van der Waals surface area contributed by atoms with Crippen molar-refractivity contribution >= 4 is 11.9 Å². The molecular formula is C19H28F2O4. The molecular weight excluding hydrogens is 330 g/mol. The molecule has 4 bridgehead atoms. The van der Waals surface area contributed by atoms with Gasteiger partial charge in [0.15, 0.2) is 6.10 Å². The van der Waals surface area contributed by atoms with Gasteiger partial charge in [-0.1, -0.05) is 13.8 Å². The van der Waals surface area contributed by atoms with E-state index in [4.69, 9.17) is 9.84 Å². The van der Waals surface area contributed by atoms with E-state index in [1.807, 2.05) is 0 Å². The van der Waals surface area contributed by atoms with Crippen LogP contribution in [-0.4, -0.2) is 29.1 Å². The topological polar surface area (TPSA) is 63.6 Å². The second kappa shape index (κ2) is 6.51. The van der Waals surface area contributed by atoms with Crippen LogP contribution in [0.3, 0.4) is 0 Å². The Morgan fingerprint density at radius 1 is 1.12 bits per heavy atom. The lowest BCUT2D eigenvalue weighted by Crippen LogP contribution is -2.48. The summed E-state index contributed by atoms with van der Waals surface area (Å²) in [6.45, 7) is 3.41. The fourth-order valence-electron chi connectivity index (χ4n) is 5.85. The second-order valence-electron chi connectivity index (χ2n) is 9.13. The van der Waals surface area contributed by atoms with Crippen molar-refractivity contribution in [2.45, 2.75) is 77.2 Å². The molecule has 0 spiro atoms. The molecule has 0 aromatic heterocycles. The molecule has 25 heavy (non-hydrogen) atoms. The number of aliphatic carboxylic acids is 1. The molecule has 4 aliphatic rings. The summed E-state index contributed by atoms with van der Waals surface area (Å²) in [7, 11) is 0. The number of halogens is 2. The van der Waals surface area contributed by atoms with Gasteiger partial charge in [0.1, 0.15) is 0 Å². The second-order valence-corrected chi connectivity index (χ2v) is 9.13. The summed E-state index contributed by atoms with van der Waals surface area (Å²) in [5, 5.41) is 8.80. The maximum Gasteiger partial charge on any atom is 0.378 e. The van der Waals surface area contributed by atoms with Gasteiger partial charge in [0.2, 0.25) is 0 Å². The van der Waals surface area contributed by atoms with Crippen molar-refractivity contribution in [3.05, 3.63) is 0 Å². The Hall–Kier alpha value is -1.20. The fraction of sp³-hybridized carbons (Fsp3) is 0.895. The Kier molecular flexibility index (Phi) is 4.84. The van der Waals surface area contributed by atoms with Crippen molar-refractivity contribution in [3.63, 3.8) is 0 Å². The minimum atomic E-state index is -4.05. The molecule has 0 aromatic rings. The molecule has 4 aliphatic carbocycles. The molecule has 4 rings (SSSR count). The average molecular weight is 358 g/mol. The standard InChI is InChI=1S/C19H28F2O4/c1-11(2)3-15(19(20,21)17(23)24)25-16(22)10-18-7-12-4-13(8-18)6-14(5-12)9-18/h11-15H,3-10H2,1-2H3,(H,23,24). The highest BCUT2D eigenvalue weighted by Crippen LogP contribution is 2.61. The zero-order valence-electron chi connectivity index (χ0n) is 15.0. The number of alkyl halides is 2. The summed E-state index contributed by atoms with van der Waals surface area (Å²) in [5.41, 5.74) is -0.104. The summed E-state index contributed by atoms with van der Waals surface area (Å²) in [5.74, 6) is -5.17. The van der Waals surface area contributed by atoms with Crippen LogP contribution in [0.4, 0.5) is 8.78 Å². The van der Waals surface area contributed by atoms with Gasteiger partial charge in [-0.3, -0.25) is 4.79 Å². The lowest BCUT2D eigenvalue weighted by Gasteiger charge is -2.56. The number of carboxylic acid groups (broad SMARTS) is 1. The summed E-state index contributed by atoms with van der Waals surface area (Å²) in [6, 6.07) is 0. The van der Waals surface area contributed by atoms with E-state index < -0.39 is 24.0 Å². The van der Waals surface area contributed by atoms with Gasteiger partial charge < -0.3 is 9.84 Å². The van der Waals surface area contributed by atoms with Gasteiger partial charge in [-0.05, 0) is 74.0 Å². The van der Waals surface area contributed by atoms with E-state index in [9.17, 15) is 18.4 Å². The first-order valence-electron chi connectivity index (χ1n) is 9.40. The molecule has 4 nitrogen and oxygen atoms in total. The first kappa shape index (κ1) is 18.6. The molecule has 0 amide bonds. The van der Waals surface area contributed by atoms with Crippen LogP contribution in [0.1, 0.15) is 65.2 Å². The molecule has 4 fully saturated rings. The lowest BCUT2D eigenvalue weighted by atomic mass is 9.49. The summed E-state index contributed by atoms with van der Waals surface area (Å²) in [4.78, 5) is 23.3. The molecule has 0 aliphatic heterocycles. The van der Waals surface area contributed by atoms with E-state index in [2.05, 4.69) is 0 Å². The number of hydrogen-bond donors (Lipinski definition) is 1. The predicted octanol–water partition coefficient (Wildman–Crippen LogP) is 4.27. The quantitative estimate of drug-likeness (QED) is 0.690. The monoisotopic (exact) mass is 358 g/mol. The van der Waals surface area contributed by atoms with E-state index in [0.717, 1.165) is 19.3 Å². The number of carboxylic acids is 1. The normalized spacial score (nSPS) is 35.0. The fourth-order valence-corrected chi connectivity index (χ4v) is 5.85. The number of rotatable bonds is 7. The third-order valence-electron chi connectivity index (χ3n) is 6.33. The first-order valence-corrected chi connectivity index (χ1v) is 9.40. The van der Waals surface area contributed by atoms with Gasteiger partial charge in [-0.25, -0.2) is 4.79 Å². The highest BCUT2D eigenvalue weighted by atomic mass is 19.3. The van der Waals surface area contributed by atoms with Crippen LogP contribution in [0.5, 0.6) is 0 Å². The van der Waals surface area contributed by atoms with E-state index >= 15 is 0 Å². The largest absolute Gasteiger partial charge is 0.477 e. The molecule has 6 heteroatoms. The van der Waals surface area contributed by atoms with E-state index in [1.54, 1.807) is 13.8 Å². The van der Waals surface area contributed by atoms with E-state index in [1.165, 1.54) is 19.3 Å². The van der Waals surface area contributed by atoms with Crippen LogP contribution < -0.4 is 0 Å². The predicted molar refractivity (Wildman–Crippen MR) is 87.1 cm³/mol. The molecule has 0 heterocycles. The Balaban J connectivity index is 1.66. The Morgan fingerprint density at radius 3 is 2.00 bits per heavy atom. The number of carbonyl (C=O) groups is 2. The third kappa shape index (κ3) is 3.82. The number of esters is 1. The van der Waals surface area contributed by atoms with Crippen LogP contribution in [-0.2, 0) is 14.3 Å². The molecule has 1 unspecified atom stereocenters. The van der Waals surface area contributed by atoms with Crippen LogP contribution >= 0.6 is 0 Å². The van der Waals surface area contributed by atoms with Gasteiger partial charge in [-0.2, -0.15) is 8.78 Å². The SMILES string of the molecule is CC(C)CC(OC(=O)CC12CC3CC(CC(C3)C1)C2)C(F)(F)C(=O)O. The molecule has 0 saturated heterocycles. The van der Waals surface area contributed by atoms with Crippen molar-refractivity contribution < 1.29 is 28.2 Å². The maximum atomic E-state index is 14.0. The number of carbonyl (C=O) groups excluding carboxylic acids is 1.